The number of benzene rings is 1. The van der Waals surface area contributed by atoms with E-state index in [-0.39, 0.29) is 11.6 Å². The van der Waals surface area contributed by atoms with Crippen LogP contribution in [0.4, 0.5) is 4.39 Å². The smallest absolute Gasteiger partial charge is 0.194 e. The molecule has 26 heavy (non-hydrogen) atoms. The van der Waals surface area contributed by atoms with Crippen molar-refractivity contribution in [1.29, 1.82) is 0 Å². The summed E-state index contributed by atoms with van der Waals surface area (Å²) in [5.41, 5.74) is 1.79. The van der Waals surface area contributed by atoms with E-state index in [2.05, 4.69) is 25.3 Å². The van der Waals surface area contributed by atoms with Gasteiger partial charge in [0.25, 0.3) is 0 Å². The van der Waals surface area contributed by atoms with E-state index in [1.807, 2.05) is 12.1 Å². The fraction of sp³-hybridized carbons (Fsp3) is 0.444. The molecule has 140 valence electrons. The first kappa shape index (κ1) is 18.2. The van der Waals surface area contributed by atoms with Gasteiger partial charge < -0.3 is 19.5 Å². The Morgan fingerprint density at radius 2 is 2.12 bits per heavy atom. The minimum Gasteiger partial charge on any atom is -0.494 e. The zero-order chi connectivity index (χ0) is 18.4. The number of hydrogen-bond acceptors (Lipinski definition) is 5. The van der Waals surface area contributed by atoms with Crippen molar-refractivity contribution in [1.82, 2.24) is 20.3 Å². The largest absolute Gasteiger partial charge is 0.494 e. The molecule has 1 aliphatic heterocycles. The molecule has 0 aliphatic carbocycles. The molecule has 3 rings (SSSR count). The molecule has 0 bridgehead atoms. The van der Waals surface area contributed by atoms with Gasteiger partial charge in [0.15, 0.2) is 17.5 Å². The minimum absolute atomic E-state index is 0.251. The van der Waals surface area contributed by atoms with Crippen LogP contribution in [0, 0.1) is 5.82 Å². The average molecular weight is 361 g/mol. The average Bonchev–Trinajstić information content (AvgIpc) is 3.16. The molecular weight excluding hydrogens is 337 g/mol. The molecule has 0 unspecified atom stereocenters. The maximum atomic E-state index is 13.8. The van der Waals surface area contributed by atoms with Gasteiger partial charge in [-0.2, -0.15) is 0 Å². The summed E-state index contributed by atoms with van der Waals surface area (Å²) in [6.45, 7) is 4.88. The Morgan fingerprint density at radius 1 is 1.31 bits per heavy atom. The highest BCUT2D eigenvalue weighted by Crippen LogP contribution is 2.17. The Morgan fingerprint density at radius 3 is 2.73 bits per heavy atom. The first-order valence-electron chi connectivity index (χ1n) is 8.59. The maximum absolute atomic E-state index is 13.8. The van der Waals surface area contributed by atoms with E-state index in [1.165, 1.54) is 13.2 Å². The third-order valence-electron chi connectivity index (χ3n) is 4.43. The van der Waals surface area contributed by atoms with Crippen LogP contribution in [-0.2, 0) is 13.1 Å². The van der Waals surface area contributed by atoms with Gasteiger partial charge in [0, 0.05) is 52.4 Å². The predicted molar refractivity (Wildman–Crippen MR) is 96.5 cm³/mol. The molecule has 2 aromatic rings. The molecule has 0 spiro atoms. The molecule has 1 N–H and O–H groups in total. The summed E-state index contributed by atoms with van der Waals surface area (Å²) in [4.78, 5) is 8.89. The normalized spacial score (nSPS) is 16.0. The molecule has 0 amide bonds. The molecule has 0 saturated carbocycles. The summed E-state index contributed by atoms with van der Waals surface area (Å²) >= 11 is 0. The quantitative estimate of drug-likeness (QED) is 0.646. The molecular formula is C18H24FN5O2. The second-order valence-electron chi connectivity index (χ2n) is 6.12. The van der Waals surface area contributed by atoms with Crippen molar-refractivity contribution in [3.8, 4) is 5.75 Å². The summed E-state index contributed by atoms with van der Waals surface area (Å²) in [5.74, 6) is 0.715. The van der Waals surface area contributed by atoms with Crippen molar-refractivity contribution >= 4 is 5.96 Å². The summed E-state index contributed by atoms with van der Waals surface area (Å²) in [6.07, 6.45) is 1.60. The molecule has 0 radical (unpaired) electrons. The first-order valence-corrected chi connectivity index (χ1v) is 8.59. The van der Waals surface area contributed by atoms with Crippen molar-refractivity contribution < 1.29 is 13.7 Å². The molecule has 1 aromatic carbocycles. The predicted octanol–water partition coefficient (Wildman–Crippen LogP) is 1.72. The first-order chi connectivity index (χ1) is 12.7. The number of aliphatic imine (C=N–C) groups is 1. The lowest BCUT2D eigenvalue weighted by Crippen LogP contribution is -2.52. The monoisotopic (exact) mass is 361 g/mol. The van der Waals surface area contributed by atoms with E-state index in [0.29, 0.717) is 6.54 Å². The van der Waals surface area contributed by atoms with E-state index in [4.69, 9.17) is 9.26 Å². The van der Waals surface area contributed by atoms with Gasteiger partial charge in [-0.1, -0.05) is 11.2 Å². The Kier molecular flexibility index (Phi) is 6.06. The topological polar surface area (TPSA) is 66.1 Å². The van der Waals surface area contributed by atoms with Crippen molar-refractivity contribution in [3.63, 3.8) is 0 Å². The van der Waals surface area contributed by atoms with Gasteiger partial charge in [-0.3, -0.25) is 9.89 Å². The van der Waals surface area contributed by atoms with Gasteiger partial charge in [-0.25, -0.2) is 4.39 Å². The van der Waals surface area contributed by atoms with Crippen LogP contribution in [0.5, 0.6) is 5.75 Å². The van der Waals surface area contributed by atoms with E-state index >= 15 is 0 Å². The number of nitrogens with one attached hydrogen (secondary N) is 1. The van der Waals surface area contributed by atoms with E-state index in [9.17, 15) is 4.39 Å². The minimum atomic E-state index is -0.358. The third-order valence-corrected chi connectivity index (χ3v) is 4.43. The molecule has 1 aliphatic rings. The molecule has 1 aromatic heterocycles. The molecule has 7 nitrogen and oxygen atoms in total. The number of halogens is 1. The lowest BCUT2D eigenvalue weighted by atomic mass is 10.2. The zero-order valence-electron chi connectivity index (χ0n) is 15.1. The highest BCUT2D eigenvalue weighted by atomic mass is 19.1. The summed E-state index contributed by atoms with van der Waals surface area (Å²) in [7, 11) is 3.22. The molecule has 1 fully saturated rings. The summed E-state index contributed by atoms with van der Waals surface area (Å²) in [6, 6.07) is 6.85. The molecule has 0 atom stereocenters. The number of piperazine rings is 1. The van der Waals surface area contributed by atoms with Gasteiger partial charge in [-0.05, 0) is 17.7 Å². The van der Waals surface area contributed by atoms with Gasteiger partial charge in [0.1, 0.15) is 6.26 Å². The third kappa shape index (κ3) is 4.51. The van der Waals surface area contributed by atoms with Gasteiger partial charge in [-0.15, -0.1) is 0 Å². The summed E-state index contributed by atoms with van der Waals surface area (Å²) in [5, 5.41) is 7.26. The maximum Gasteiger partial charge on any atom is 0.194 e. The van der Waals surface area contributed by atoms with E-state index in [0.717, 1.165) is 49.9 Å². The Hall–Kier alpha value is -2.61. The fourth-order valence-electron chi connectivity index (χ4n) is 3.00. The van der Waals surface area contributed by atoms with E-state index < -0.39 is 0 Å². The highest BCUT2D eigenvalue weighted by Gasteiger charge is 2.20. The standard InChI is InChI=1S/C18H24FN5O2/c1-20-18(21-12-14-3-4-17(25-2)16(19)11-14)24-8-6-23(7-9-24)13-15-5-10-26-22-15/h3-5,10-11H,6-9,12-13H2,1-2H3,(H,20,21). The number of aromatic nitrogens is 1. The Balaban J connectivity index is 1.49. The highest BCUT2D eigenvalue weighted by molar-refractivity contribution is 5.80. The number of guanidine groups is 1. The molecule has 2 heterocycles. The Labute approximate surface area is 152 Å². The lowest BCUT2D eigenvalue weighted by Gasteiger charge is -2.36. The van der Waals surface area contributed by atoms with Crippen LogP contribution in [-0.4, -0.2) is 61.3 Å². The van der Waals surface area contributed by atoms with Crippen LogP contribution in [0.25, 0.3) is 0 Å². The van der Waals surface area contributed by atoms with Crippen LogP contribution in [0.1, 0.15) is 11.3 Å². The number of methoxy groups -OCH3 is 1. The van der Waals surface area contributed by atoms with Gasteiger partial charge in [0.05, 0.1) is 12.8 Å². The zero-order valence-corrected chi connectivity index (χ0v) is 15.1. The van der Waals surface area contributed by atoms with Gasteiger partial charge in [0.2, 0.25) is 0 Å². The number of ether oxygens (including phenoxy) is 1. The SMILES string of the molecule is CN=C(NCc1ccc(OC)c(F)c1)N1CCN(Cc2ccon2)CC1. The van der Waals surface area contributed by atoms with Crippen LogP contribution in [0.15, 0.2) is 40.0 Å². The van der Waals surface area contributed by atoms with Crippen molar-refractivity contribution in [2.24, 2.45) is 4.99 Å². The molecule has 1 saturated heterocycles. The second-order valence-corrected chi connectivity index (χ2v) is 6.12. The summed E-state index contributed by atoms with van der Waals surface area (Å²) < 4.78 is 23.6. The number of nitrogens with zero attached hydrogens (tertiary/aromatic N) is 4. The van der Waals surface area contributed by atoms with E-state index in [1.54, 1.807) is 19.4 Å². The van der Waals surface area contributed by atoms with Crippen molar-refractivity contribution in [2.75, 3.05) is 40.3 Å². The number of rotatable bonds is 5. The van der Waals surface area contributed by atoms with Gasteiger partial charge >= 0.3 is 0 Å². The van der Waals surface area contributed by atoms with Crippen LogP contribution in [0.3, 0.4) is 0 Å². The van der Waals surface area contributed by atoms with Crippen molar-refractivity contribution in [3.05, 3.63) is 47.6 Å². The fourth-order valence-corrected chi connectivity index (χ4v) is 3.00. The Bertz CT molecular complexity index is 727. The number of hydrogen-bond donors (Lipinski definition) is 1. The second kappa shape index (κ2) is 8.66. The van der Waals surface area contributed by atoms with Crippen LogP contribution < -0.4 is 10.1 Å². The van der Waals surface area contributed by atoms with Crippen LogP contribution >= 0.6 is 0 Å². The molecule has 8 heteroatoms. The lowest BCUT2D eigenvalue weighted by molar-refractivity contribution is 0.169. The van der Waals surface area contributed by atoms with Crippen LogP contribution in [0.2, 0.25) is 0 Å². The van der Waals surface area contributed by atoms with Crippen molar-refractivity contribution in [2.45, 2.75) is 13.1 Å².